The van der Waals surface area contributed by atoms with Gasteiger partial charge in [0, 0.05) is 28.6 Å². The summed E-state index contributed by atoms with van der Waals surface area (Å²) in [5.41, 5.74) is 3.69. The summed E-state index contributed by atoms with van der Waals surface area (Å²) in [5, 5.41) is 11.4. The zero-order valence-electron chi connectivity index (χ0n) is 18.3. The predicted octanol–water partition coefficient (Wildman–Crippen LogP) is 4.09. The van der Waals surface area contributed by atoms with Crippen molar-refractivity contribution in [3.63, 3.8) is 0 Å². The van der Waals surface area contributed by atoms with E-state index in [4.69, 9.17) is 4.74 Å². The first-order valence-corrected chi connectivity index (χ1v) is 11.3. The van der Waals surface area contributed by atoms with Gasteiger partial charge in [-0.25, -0.2) is 0 Å². The minimum atomic E-state index is -0.501. The number of aliphatic hydroxyl groups excluding tert-OH is 1. The third-order valence-electron chi connectivity index (χ3n) is 7.38. The molecule has 3 aromatic rings. The zero-order chi connectivity index (χ0) is 22.4. The number of piperidine rings is 1. The molecule has 5 rings (SSSR count). The van der Waals surface area contributed by atoms with Gasteiger partial charge < -0.3 is 19.7 Å². The zero-order valence-corrected chi connectivity index (χ0v) is 18.3. The molecule has 2 bridgehead atoms. The van der Waals surface area contributed by atoms with E-state index in [0.717, 1.165) is 34.1 Å². The third-order valence-corrected chi connectivity index (χ3v) is 7.38. The molecule has 1 aliphatic carbocycles. The molecule has 0 saturated carbocycles. The van der Waals surface area contributed by atoms with Crippen LogP contribution in [0.1, 0.15) is 54.6 Å². The van der Waals surface area contributed by atoms with Gasteiger partial charge in [-0.15, -0.1) is 0 Å². The smallest absolute Gasteiger partial charge is 0.314 e. The number of amides is 1. The molecule has 1 amide bonds. The number of hydrogen-bond donors (Lipinski definition) is 2. The number of aromatic nitrogens is 1. The second kappa shape index (κ2) is 8.10. The van der Waals surface area contributed by atoms with E-state index in [1.807, 2.05) is 59.5 Å². The summed E-state index contributed by atoms with van der Waals surface area (Å²) in [6.45, 7) is 1.95. The molecule has 1 saturated heterocycles. The Hall–Kier alpha value is -3.12. The highest BCUT2D eigenvalue weighted by Gasteiger charge is 2.55. The van der Waals surface area contributed by atoms with E-state index < -0.39 is 12.0 Å². The Morgan fingerprint density at radius 1 is 1.19 bits per heavy atom. The molecular formula is C26H28N2O4. The topological polar surface area (TPSA) is 82.6 Å². The normalized spacial score (nSPS) is 25.5. The highest BCUT2D eigenvalue weighted by Crippen LogP contribution is 2.57. The number of aromatic amines is 1. The van der Waals surface area contributed by atoms with Crippen LogP contribution in [0.15, 0.2) is 54.6 Å². The van der Waals surface area contributed by atoms with Crippen molar-refractivity contribution in [1.82, 2.24) is 9.88 Å². The number of benzene rings is 2. The van der Waals surface area contributed by atoms with E-state index in [1.165, 1.54) is 7.11 Å². The Bertz CT molecular complexity index is 1160. The maximum Gasteiger partial charge on any atom is 0.314 e. The second-order valence-electron chi connectivity index (χ2n) is 8.79. The number of nitrogens with one attached hydrogen (secondary N) is 1. The number of methoxy groups -OCH3 is 1. The minimum absolute atomic E-state index is 0.0302. The average Bonchev–Trinajstić information content (AvgIpc) is 3.20. The summed E-state index contributed by atoms with van der Waals surface area (Å²) in [4.78, 5) is 31.9. The molecule has 2 heterocycles. The Morgan fingerprint density at radius 3 is 2.59 bits per heavy atom. The highest BCUT2D eigenvalue weighted by molar-refractivity contribution is 5.92. The lowest BCUT2D eigenvalue weighted by molar-refractivity contribution is -0.156. The molecular weight excluding hydrogens is 404 g/mol. The first kappa shape index (κ1) is 20.8. The molecule has 32 heavy (non-hydrogen) atoms. The van der Waals surface area contributed by atoms with Crippen molar-refractivity contribution in [3.05, 3.63) is 71.4 Å². The van der Waals surface area contributed by atoms with Crippen LogP contribution in [0.4, 0.5) is 0 Å². The molecule has 166 valence electrons. The predicted molar refractivity (Wildman–Crippen MR) is 121 cm³/mol. The number of fused-ring (bicyclic) bond motifs is 6. The van der Waals surface area contributed by atoms with E-state index in [9.17, 15) is 14.7 Å². The Labute approximate surface area is 187 Å². The van der Waals surface area contributed by atoms with E-state index >= 15 is 0 Å². The van der Waals surface area contributed by atoms with Gasteiger partial charge in [0.1, 0.15) is 5.92 Å². The van der Waals surface area contributed by atoms with Crippen molar-refractivity contribution in [2.75, 3.05) is 13.7 Å². The van der Waals surface area contributed by atoms with Gasteiger partial charge in [0.25, 0.3) is 0 Å². The van der Waals surface area contributed by atoms with Crippen LogP contribution in [0, 0.1) is 11.8 Å². The summed E-state index contributed by atoms with van der Waals surface area (Å²) in [6.07, 6.45) is 1.07. The first-order valence-electron chi connectivity index (χ1n) is 11.3. The van der Waals surface area contributed by atoms with Crippen molar-refractivity contribution < 1.29 is 19.4 Å². The lowest BCUT2D eigenvalue weighted by atomic mass is 9.63. The fourth-order valence-corrected chi connectivity index (χ4v) is 6.08. The van der Waals surface area contributed by atoms with Crippen molar-refractivity contribution in [3.8, 4) is 0 Å². The van der Waals surface area contributed by atoms with Crippen LogP contribution in [-0.4, -0.2) is 40.6 Å². The number of ether oxygens (including phenoxy) is 1. The number of esters is 1. The van der Waals surface area contributed by atoms with Crippen molar-refractivity contribution in [2.24, 2.45) is 11.8 Å². The average molecular weight is 433 g/mol. The number of carbonyl (C=O) groups excluding carboxylic acids is 2. The van der Waals surface area contributed by atoms with Gasteiger partial charge in [-0.2, -0.15) is 0 Å². The lowest BCUT2D eigenvalue weighted by Crippen LogP contribution is -2.53. The van der Waals surface area contributed by atoms with Crippen LogP contribution in [0.3, 0.4) is 0 Å². The SMILES string of the molecule is CCC1[C@H]2CC(=O)N([C@@H](CO)c3ccccc3)[C@@H]1c1c([nH]c3ccccc13)[C@@H]2C(=O)OC. The monoisotopic (exact) mass is 432 g/mol. The molecule has 2 N–H and O–H groups in total. The van der Waals surface area contributed by atoms with Crippen molar-refractivity contribution >= 4 is 22.8 Å². The molecule has 6 nitrogen and oxygen atoms in total. The van der Waals surface area contributed by atoms with Crippen LogP contribution in [0.5, 0.6) is 0 Å². The lowest BCUT2D eigenvalue weighted by Gasteiger charge is -2.52. The van der Waals surface area contributed by atoms with E-state index in [1.54, 1.807) is 0 Å². The van der Waals surface area contributed by atoms with Crippen LogP contribution < -0.4 is 0 Å². The molecule has 0 radical (unpaired) electrons. The third kappa shape index (κ3) is 2.97. The summed E-state index contributed by atoms with van der Waals surface area (Å²) in [7, 11) is 1.41. The van der Waals surface area contributed by atoms with Gasteiger partial charge in [0.15, 0.2) is 0 Å². The number of nitrogens with zero attached hydrogens (tertiary/aromatic N) is 1. The number of aliphatic hydroxyl groups is 1. The van der Waals surface area contributed by atoms with E-state index in [0.29, 0.717) is 0 Å². The standard InChI is InChI=1S/C26H28N2O4/c1-3-16-18-13-21(30)28(20(14-29)15-9-5-4-6-10-15)25(16)22-17-11-7-8-12-19(17)27-24(22)23(18)26(31)32-2/h4-12,16,18,20,23,25,27,29H,3,13-14H2,1-2H3/t16?,18-,20+,23-,25+/m1/s1. The number of carbonyl (C=O) groups is 2. The van der Waals surface area contributed by atoms with Crippen LogP contribution in [-0.2, 0) is 14.3 Å². The molecule has 1 fully saturated rings. The van der Waals surface area contributed by atoms with Gasteiger partial charge in [0.05, 0.1) is 25.8 Å². The Kier molecular flexibility index (Phi) is 5.25. The Morgan fingerprint density at radius 2 is 1.91 bits per heavy atom. The highest BCUT2D eigenvalue weighted by atomic mass is 16.5. The molecule has 1 aromatic heterocycles. The molecule has 1 unspecified atom stereocenters. The quantitative estimate of drug-likeness (QED) is 0.595. The van der Waals surface area contributed by atoms with Crippen LogP contribution in [0.25, 0.3) is 10.9 Å². The van der Waals surface area contributed by atoms with E-state index in [2.05, 4.69) is 11.9 Å². The first-order chi connectivity index (χ1) is 15.6. The van der Waals surface area contributed by atoms with Gasteiger partial charge in [0.2, 0.25) is 5.91 Å². The van der Waals surface area contributed by atoms with Gasteiger partial charge in [-0.3, -0.25) is 9.59 Å². The fourth-order valence-electron chi connectivity index (χ4n) is 6.08. The summed E-state index contributed by atoms with van der Waals surface area (Å²) < 4.78 is 5.20. The summed E-state index contributed by atoms with van der Waals surface area (Å²) in [6, 6.07) is 17.0. The van der Waals surface area contributed by atoms with Crippen molar-refractivity contribution in [2.45, 2.75) is 37.8 Å². The maximum absolute atomic E-state index is 13.6. The maximum atomic E-state index is 13.6. The number of rotatable bonds is 5. The van der Waals surface area contributed by atoms with Crippen LogP contribution >= 0.6 is 0 Å². The van der Waals surface area contributed by atoms with Gasteiger partial charge in [-0.1, -0.05) is 61.9 Å². The summed E-state index contributed by atoms with van der Waals surface area (Å²) >= 11 is 0. The largest absolute Gasteiger partial charge is 0.468 e. The number of likely N-dealkylation sites (tertiary alicyclic amines) is 1. The van der Waals surface area contributed by atoms with Gasteiger partial charge in [-0.05, 0) is 23.5 Å². The number of hydrogen-bond acceptors (Lipinski definition) is 4. The molecule has 6 heteroatoms. The minimum Gasteiger partial charge on any atom is -0.468 e. The number of H-pyrrole nitrogens is 1. The van der Waals surface area contributed by atoms with E-state index in [-0.39, 0.29) is 42.8 Å². The molecule has 0 spiro atoms. The Balaban J connectivity index is 1.76. The number of para-hydroxylation sites is 1. The fraction of sp³-hybridized carbons (Fsp3) is 0.385. The van der Waals surface area contributed by atoms with Crippen molar-refractivity contribution in [1.29, 1.82) is 0 Å². The molecule has 2 aliphatic rings. The van der Waals surface area contributed by atoms with Gasteiger partial charge >= 0.3 is 5.97 Å². The molecule has 1 aliphatic heterocycles. The second-order valence-corrected chi connectivity index (χ2v) is 8.79. The molecule has 2 aromatic carbocycles. The summed E-state index contributed by atoms with van der Waals surface area (Å²) in [5.74, 6) is -0.891. The van der Waals surface area contributed by atoms with Crippen LogP contribution in [0.2, 0.25) is 0 Å². The molecule has 5 atom stereocenters.